The van der Waals surface area contributed by atoms with Gasteiger partial charge < -0.3 is 15.4 Å². The highest BCUT2D eigenvalue weighted by molar-refractivity contribution is 6.38. The number of benzene rings is 2. The van der Waals surface area contributed by atoms with E-state index in [1.54, 1.807) is 12.1 Å². The number of carbonyl (C=O) groups excluding carboxylic acids is 1. The van der Waals surface area contributed by atoms with Crippen molar-refractivity contribution in [3.63, 3.8) is 0 Å². The Morgan fingerprint density at radius 3 is 2.86 bits per heavy atom. The van der Waals surface area contributed by atoms with Crippen molar-refractivity contribution < 1.29 is 9.53 Å². The van der Waals surface area contributed by atoms with Crippen LogP contribution in [0.3, 0.4) is 0 Å². The minimum atomic E-state index is -0.155. The molecule has 0 radical (unpaired) electrons. The standard InChI is InChI=1S/C17H13ClN2O2/c1-19-11-3-4-12-9(6-11)8-22-16(12)15-13-7-10(18)2-5-14(13)20-17(15)21/h2-7,19H,8H2,1H3,(H,20,21). The van der Waals surface area contributed by atoms with E-state index >= 15 is 0 Å². The molecule has 4 rings (SSSR count). The Balaban J connectivity index is 1.92. The molecule has 0 bridgehead atoms. The summed E-state index contributed by atoms with van der Waals surface area (Å²) in [7, 11) is 1.87. The van der Waals surface area contributed by atoms with E-state index in [1.165, 1.54) is 0 Å². The van der Waals surface area contributed by atoms with Crippen LogP contribution in [-0.2, 0) is 16.1 Å². The topological polar surface area (TPSA) is 50.4 Å². The summed E-state index contributed by atoms with van der Waals surface area (Å²) in [5.41, 5.74) is 5.15. The van der Waals surface area contributed by atoms with Crippen LogP contribution in [0.2, 0.25) is 5.02 Å². The Bertz CT molecular complexity index is 843. The zero-order valence-electron chi connectivity index (χ0n) is 11.9. The van der Waals surface area contributed by atoms with Crippen molar-refractivity contribution in [3.8, 4) is 0 Å². The minimum absolute atomic E-state index is 0.155. The van der Waals surface area contributed by atoms with E-state index in [0.29, 0.717) is 23.0 Å². The summed E-state index contributed by atoms with van der Waals surface area (Å²) in [6.45, 7) is 0.465. The lowest BCUT2D eigenvalue weighted by atomic mass is 10.0. The van der Waals surface area contributed by atoms with Crippen LogP contribution in [0.1, 0.15) is 16.7 Å². The highest BCUT2D eigenvalue weighted by Crippen LogP contribution is 2.42. The van der Waals surface area contributed by atoms with Gasteiger partial charge in [-0.1, -0.05) is 11.6 Å². The molecule has 2 N–H and O–H groups in total. The third kappa shape index (κ3) is 1.88. The van der Waals surface area contributed by atoms with Gasteiger partial charge in [0.1, 0.15) is 12.4 Å². The fourth-order valence-electron chi connectivity index (χ4n) is 2.89. The summed E-state index contributed by atoms with van der Waals surface area (Å²) in [6.07, 6.45) is 0. The predicted octanol–water partition coefficient (Wildman–Crippen LogP) is 3.73. The maximum Gasteiger partial charge on any atom is 0.260 e. The van der Waals surface area contributed by atoms with Gasteiger partial charge in [-0.3, -0.25) is 4.79 Å². The van der Waals surface area contributed by atoms with E-state index < -0.39 is 0 Å². The molecule has 2 aliphatic rings. The van der Waals surface area contributed by atoms with Gasteiger partial charge in [-0.05, 0) is 36.4 Å². The number of hydrogen-bond donors (Lipinski definition) is 2. The van der Waals surface area contributed by atoms with E-state index in [1.807, 2.05) is 31.3 Å². The number of rotatable bonds is 1. The van der Waals surface area contributed by atoms with Crippen molar-refractivity contribution in [2.24, 2.45) is 0 Å². The smallest absolute Gasteiger partial charge is 0.260 e. The Kier molecular flexibility index (Phi) is 2.87. The van der Waals surface area contributed by atoms with Crippen molar-refractivity contribution in [2.45, 2.75) is 6.61 Å². The SMILES string of the molecule is CNc1ccc2c(c1)COC2=C1C(=O)Nc2ccc(Cl)cc21. The van der Waals surface area contributed by atoms with Gasteiger partial charge in [-0.2, -0.15) is 0 Å². The van der Waals surface area contributed by atoms with Gasteiger partial charge in [-0.25, -0.2) is 0 Å². The van der Waals surface area contributed by atoms with E-state index in [-0.39, 0.29) is 5.91 Å². The number of amides is 1. The van der Waals surface area contributed by atoms with Crippen LogP contribution in [-0.4, -0.2) is 13.0 Å². The third-order valence-electron chi connectivity index (χ3n) is 3.96. The normalized spacial score (nSPS) is 18.5. The van der Waals surface area contributed by atoms with Crippen LogP contribution in [0.25, 0.3) is 11.3 Å². The number of halogens is 1. The van der Waals surface area contributed by atoms with Gasteiger partial charge in [0.15, 0.2) is 0 Å². The molecule has 110 valence electrons. The van der Waals surface area contributed by atoms with E-state index in [0.717, 1.165) is 28.1 Å². The number of hydrogen-bond acceptors (Lipinski definition) is 3. The van der Waals surface area contributed by atoms with Gasteiger partial charge in [0.2, 0.25) is 0 Å². The molecule has 22 heavy (non-hydrogen) atoms. The molecular weight excluding hydrogens is 300 g/mol. The van der Waals surface area contributed by atoms with Gasteiger partial charge in [0, 0.05) is 40.1 Å². The maximum absolute atomic E-state index is 12.4. The molecule has 0 fully saturated rings. The number of fused-ring (bicyclic) bond motifs is 2. The van der Waals surface area contributed by atoms with Crippen LogP contribution in [0.15, 0.2) is 36.4 Å². The summed E-state index contributed by atoms with van der Waals surface area (Å²) in [4.78, 5) is 12.4. The van der Waals surface area contributed by atoms with Crippen molar-refractivity contribution in [2.75, 3.05) is 17.7 Å². The van der Waals surface area contributed by atoms with Gasteiger partial charge >= 0.3 is 0 Å². The monoisotopic (exact) mass is 312 g/mol. The van der Waals surface area contributed by atoms with Crippen LogP contribution >= 0.6 is 11.6 Å². The minimum Gasteiger partial charge on any atom is -0.487 e. The molecule has 5 heteroatoms. The first-order valence-electron chi connectivity index (χ1n) is 6.97. The predicted molar refractivity (Wildman–Crippen MR) is 87.7 cm³/mol. The van der Waals surface area contributed by atoms with Crippen molar-refractivity contribution in [1.82, 2.24) is 0 Å². The van der Waals surface area contributed by atoms with Crippen molar-refractivity contribution in [3.05, 3.63) is 58.1 Å². The molecule has 0 aromatic heterocycles. The molecule has 1 amide bonds. The molecule has 0 saturated carbocycles. The quantitative estimate of drug-likeness (QED) is 0.789. The molecule has 0 aliphatic carbocycles. The Morgan fingerprint density at radius 1 is 1.18 bits per heavy atom. The summed E-state index contributed by atoms with van der Waals surface area (Å²) in [6, 6.07) is 11.3. The molecule has 0 spiro atoms. The first kappa shape index (κ1) is 13.2. The average Bonchev–Trinajstić information content (AvgIpc) is 3.06. The fraction of sp³-hybridized carbons (Fsp3) is 0.118. The number of ether oxygens (including phenoxy) is 1. The van der Waals surface area contributed by atoms with E-state index in [4.69, 9.17) is 16.3 Å². The summed E-state index contributed by atoms with van der Waals surface area (Å²) >= 11 is 6.07. The average molecular weight is 313 g/mol. The van der Waals surface area contributed by atoms with Crippen molar-refractivity contribution >= 4 is 40.2 Å². The zero-order valence-corrected chi connectivity index (χ0v) is 12.6. The van der Waals surface area contributed by atoms with Gasteiger partial charge in [0.25, 0.3) is 5.91 Å². The lowest BCUT2D eigenvalue weighted by molar-refractivity contribution is -0.110. The molecular formula is C17H13ClN2O2. The second-order valence-electron chi connectivity index (χ2n) is 5.26. The lowest BCUT2D eigenvalue weighted by Gasteiger charge is -2.06. The zero-order chi connectivity index (χ0) is 15.3. The number of anilines is 2. The molecule has 0 atom stereocenters. The first-order chi connectivity index (χ1) is 10.7. The Labute approximate surface area is 132 Å². The molecule has 2 aromatic carbocycles. The van der Waals surface area contributed by atoms with Gasteiger partial charge in [-0.15, -0.1) is 0 Å². The molecule has 2 aromatic rings. The largest absolute Gasteiger partial charge is 0.487 e. The Morgan fingerprint density at radius 2 is 2.05 bits per heavy atom. The second-order valence-corrected chi connectivity index (χ2v) is 5.70. The van der Waals surface area contributed by atoms with E-state index in [2.05, 4.69) is 10.6 Å². The number of carbonyl (C=O) groups is 1. The maximum atomic E-state index is 12.4. The summed E-state index contributed by atoms with van der Waals surface area (Å²) in [5, 5.41) is 6.56. The second kappa shape index (κ2) is 4.78. The fourth-order valence-corrected chi connectivity index (χ4v) is 3.06. The lowest BCUT2D eigenvalue weighted by Crippen LogP contribution is -2.05. The van der Waals surface area contributed by atoms with Gasteiger partial charge in [0.05, 0.1) is 5.57 Å². The van der Waals surface area contributed by atoms with Crippen LogP contribution in [0.5, 0.6) is 0 Å². The molecule has 2 aliphatic heterocycles. The summed E-state index contributed by atoms with van der Waals surface area (Å²) < 4.78 is 5.82. The van der Waals surface area contributed by atoms with Crippen LogP contribution in [0.4, 0.5) is 11.4 Å². The van der Waals surface area contributed by atoms with E-state index in [9.17, 15) is 4.79 Å². The van der Waals surface area contributed by atoms with Crippen molar-refractivity contribution in [1.29, 1.82) is 0 Å². The summed E-state index contributed by atoms with van der Waals surface area (Å²) in [5.74, 6) is 0.467. The molecule has 4 nitrogen and oxygen atoms in total. The molecule has 0 unspecified atom stereocenters. The van der Waals surface area contributed by atoms with Crippen LogP contribution in [0, 0.1) is 0 Å². The third-order valence-corrected chi connectivity index (χ3v) is 4.20. The number of nitrogens with one attached hydrogen (secondary N) is 2. The highest BCUT2D eigenvalue weighted by atomic mass is 35.5. The van der Waals surface area contributed by atoms with Crippen LogP contribution < -0.4 is 10.6 Å². The highest BCUT2D eigenvalue weighted by Gasteiger charge is 2.32. The molecule has 2 heterocycles. The first-order valence-corrected chi connectivity index (χ1v) is 7.34. The Hall–Kier alpha value is -2.46. The molecule has 0 saturated heterocycles.